The highest BCUT2D eigenvalue weighted by Crippen LogP contribution is 2.29. The summed E-state index contributed by atoms with van der Waals surface area (Å²) in [5.74, 6) is 0.815. The van der Waals surface area contributed by atoms with Gasteiger partial charge in [0.05, 0.1) is 0 Å². The standard InChI is InChI=1S/C15H18N2/c1-2-15(7-3-5-13-8-9-13)17-12-14-6-4-10-16-11-14/h2-7,10-11,13,17H,1,8-9,12H2/b5-3+,15-7+. The van der Waals surface area contributed by atoms with Gasteiger partial charge < -0.3 is 5.32 Å². The van der Waals surface area contributed by atoms with E-state index in [0.29, 0.717) is 0 Å². The average Bonchev–Trinajstić information content (AvgIpc) is 3.19. The van der Waals surface area contributed by atoms with Gasteiger partial charge in [0.25, 0.3) is 0 Å². The van der Waals surface area contributed by atoms with Crippen molar-refractivity contribution in [3.8, 4) is 0 Å². The van der Waals surface area contributed by atoms with Gasteiger partial charge in [-0.2, -0.15) is 0 Å². The summed E-state index contributed by atoms with van der Waals surface area (Å²) in [6.45, 7) is 4.59. The molecular formula is C15H18N2. The van der Waals surface area contributed by atoms with Crippen LogP contribution in [0.15, 0.2) is 61.1 Å². The van der Waals surface area contributed by atoms with E-state index in [4.69, 9.17) is 0 Å². The van der Waals surface area contributed by atoms with Crippen LogP contribution >= 0.6 is 0 Å². The SMILES string of the molecule is C=C/C(=C\C=C\C1CC1)NCc1cccnc1. The highest BCUT2D eigenvalue weighted by molar-refractivity contribution is 5.22. The van der Waals surface area contributed by atoms with Gasteiger partial charge >= 0.3 is 0 Å². The molecule has 1 aromatic rings. The molecule has 1 heterocycles. The topological polar surface area (TPSA) is 24.9 Å². The fourth-order valence-corrected chi connectivity index (χ4v) is 1.51. The number of nitrogens with zero attached hydrogens (tertiary/aromatic N) is 1. The molecule has 0 amide bonds. The Morgan fingerprint density at radius 1 is 1.53 bits per heavy atom. The van der Waals surface area contributed by atoms with Crippen LogP contribution in [0.5, 0.6) is 0 Å². The van der Waals surface area contributed by atoms with Crippen LogP contribution in [0.2, 0.25) is 0 Å². The van der Waals surface area contributed by atoms with E-state index in [1.807, 2.05) is 18.3 Å². The Bertz CT molecular complexity index is 414. The summed E-state index contributed by atoms with van der Waals surface area (Å²) in [5.41, 5.74) is 2.22. The summed E-state index contributed by atoms with van der Waals surface area (Å²) in [4.78, 5) is 4.08. The third-order valence-electron chi connectivity index (χ3n) is 2.72. The molecule has 0 bridgehead atoms. The van der Waals surface area contributed by atoms with Gasteiger partial charge in [-0.15, -0.1) is 0 Å². The lowest BCUT2D eigenvalue weighted by molar-refractivity contribution is 0.829. The van der Waals surface area contributed by atoms with E-state index in [2.05, 4.69) is 41.2 Å². The molecule has 1 aromatic heterocycles. The molecule has 1 aliphatic rings. The summed E-state index contributed by atoms with van der Waals surface area (Å²) in [7, 11) is 0. The first-order valence-corrected chi connectivity index (χ1v) is 6.02. The van der Waals surface area contributed by atoms with Gasteiger partial charge in [-0.3, -0.25) is 4.98 Å². The molecule has 0 atom stereocenters. The van der Waals surface area contributed by atoms with Gasteiger partial charge in [0.2, 0.25) is 0 Å². The fourth-order valence-electron chi connectivity index (χ4n) is 1.51. The molecule has 2 heteroatoms. The molecule has 0 spiro atoms. The van der Waals surface area contributed by atoms with E-state index in [0.717, 1.165) is 18.2 Å². The van der Waals surface area contributed by atoms with Crippen LogP contribution in [-0.4, -0.2) is 4.98 Å². The van der Waals surface area contributed by atoms with E-state index in [9.17, 15) is 0 Å². The smallest absolute Gasteiger partial charge is 0.0416 e. The normalized spacial score (nSPS) is 16.1. The molecule has 1 saturated carbocycles. The van der Waals surface area contributed by atoms with Gasteiger partial charge in [0.15, 0.2) is 0 Å². The van der Waals surface area contributed by atoms with Gasteiger partial charge in [-0.1, -0.05) is 24.8 Å². The molecule has 1 N–H and O–H groups in total. The quantitative estimate of drug-likeness (QED) is 0.753. The minimum absolute atomic E-state index is 0.781. The third kappa shape index (κ3) is 4.27. The summed E-state index contributed by atoms with van der Waals surface area (Å²) >= 11 is 0. The van der Waals surface area contributed by atoms with Crippen molar-refractivity contribution in [3.63, 3.8) is 0 Å². The van der Waals surface area contributed by atoms with Crippen LogP contribution in [0, 0.1) is 5.92 Å². The van der Waals surface area contributed by atoms with Crippen LogP contribution < -0.4 is 5.32 Å². The molecule has 0 radical (unpaired) electrons. The number of aromatic nitrogens is 1. The molecule has 0 unspecified atom stereocenters. The summed E-state index contributed by atoms with van der Waals surface area (Å²) in [5, 5.41) is 3.33. The number of nitrogens with one attached hydrogen (secondary N) is 1. The Kier molecular flexibility index (Phi) is 4.14. The summed E-state index contributed by atoms with van der Waals surface area (Å²) < 4.78 is 0. The highest BCUT2D eigenvalue weighted by Gasteiger charge is 2.16. The van der Waals surface area contributed by atoms with Crippen LogP contribution in [0.1, 0.15) is 18.4 Å². The molecule has 0 aromatic carbocycles. The fraction of sp³-hybridized carbons (Fsp3) is 0.267. The second-order valence-electron chi connectivity index (χ2n) is 4.26. The largest absolute Gasteiger partial charge is 0.381 e. The molecule has 0 aliphatic heterocycles. The van der Waals surface area contributed by atoms with Crippen molar-refractivity contribution in [1.82, 2.24) is 10.3 Å². The van der Waals surface area contributed by atoms with Crippen molar-refractivity contribution in [2.45, 2.75) is 19.4 Å². The Labute approximate surface area is 103 Å². The molecule has 2 rings (SSSR count). The number of hydrogen-bond donors (Lipinski definition) is 1. The molecule has 0 saturated heterocycles. The maximum atomic E-state index is 4.08. The summed E-state index contributed by atoms with van der Waals surface area (Å²) in [6.07, 6.45) is 14.6. The predicted octanol–water partition coefficient (Wildman–Crippen LogP) is 3.21. The first kappa shape index (κ1) is 11.6. The van der Waals surface area contributed by atoms with E-state index < -0.39 is 0 Å². The Balaban J connectivity index is 1.84. The monoisotopic (exact) mass is 226 g/mol. The Morgan fingerprint density at radius 2 is 2.41 bits per heavy atom. The first-order valence-electron chi connectivity index (χ1n) is 6.02. The third-order valence-corrected chi connectivity index (χ3v) is 2.72. The van der Waals surface area contributed by atoms with Crippen molar-refractivity contribution in [2.75, 3.05) is 0 Å². The Morgan fingerprint density at radius 3 is 3.06 bits per heavy atom. The zero-order valence-electron chi connectivity index (χ0n) is 9.97. The summed E-state index contributed by atoms with van der Waals surface area (Å²) in [6, 6.07) is 4.00. The Hall–Kier alpha value is -1.83. The lowest BCUT2D eigenvalue weighted by atomic mass is 10.2. The van der Waals surface area contributed by atoms with Crippen molar-refractivity contribution in [3.05, 3.63) is 66.7 Å². The highest BCUT2D eigenvalue weighted by atomic mass is 14.9. The van der Waals surface area contributed by atoms with Crippen LogP contribution in [0.3, 0.4) is 0 Å². The van der Waals surface area contributed by atoms with Crippen molar-refractivity contribution >= 4 is 0 Å². The van der Waals surface area contributed by atoms with E-state index in [-0.39, 0.29) is 0 Å². The molecule has 17 heavy (non-hydrogen) atoms. The molecule has 1 aliphatic carbocycles. The predicted molar refractivity (Wildman–Crippen MR) is 71.2 cm³/mol. The number of hydrogen-bond acceptors (Lipinski definition) is 2. The zero-order valence-corrected chi connectivity index (χ0v) is 9.97. The van der Waals surface area contributed by atoms with E-state index in [1.54, 1.807) is 6.20 Å². The molecule has 2 nitrogen and oxygen atoms in total. The van der Waals surface area contributed by atoms with E-state index in [1.165, 1.54) is 18.4 Å². The molecule has 1 fully saturated rings. The average molecular weight is 226 g/mol. The maximum Gasteiger partial charge on any atom is 0.0416 e. The second kappa shape index (κ2) is 6.04. The van der Waals surface area contributed by atoms with Crippen LogP contribution in [0.25, 0.3) is 0 Å². The van der Waals surface area contributed by atoms with Crippen LogP contribution in [0.4, 0.5) is 0 Å². The lowest BCUT2D eigenvalue weighted by Gasteiger charge is -2.05. The van der Waals surface area contributed by atoms with Crippen molar-refractivity contribution in [2.24, 2.45) is 5.92 Å². The van der Waals surface area contributed by atoms with Crippen LogP contribution in [-0.2, 0) is 6.54 Å². The van der Waals surface area contributed by atoms with Gasteiger partial charge in [0, 0.05) is 24.6 Å². The molecule has 88 valence electrons. The van der Waals surface area contributed by atoms with E-state index >= 15 is 0 Å². The number of pyridine rings is 1. The minimum Gasteiger partial charge on any atom is -0.381 e. The van der Waals surface area contributed by atoms with Gasteiger partial charge in [0.1, 0.15) is 0 Å². The first-order chi connectivity index (χ1) is 8.38. The maximum absolute atomic E-state index is 4.08. The lowest BCUT2D eigenvalue weighted by Crippen LogP contribution is -2.10. The minimum atomic E-state index is 0.781. The van der Waals surface area contributed by atoms with Crippen molar-refractivity contribution in [1.29, 1.82) is 0 Å². The second-order valence-corrected chi connectivity index (χ2v) is 4.26. The molecular weight excluding hydrogens is 208 g/mol. The van der Waals surface area contributed by atoms with Crippen molar-refractivity contribution < 1.29 is 0 Å². The zero-order chi connectivity index (χ0) is 11.9. The number of rotatable bonds is 6. The van der Waals surface area contributed by atoms with Gasteiger partial charge in [-0.05, 0) is 42.5 Å². The number of allylic oxidation sites excluding steroid dienone is 4. The van der Waals surface area contributed by atoms with Gasteiger partial charge in [-0.25, -0.2) is 0 Å².